The fraction of sp³-hybridized carbons (Fsp3) is 0.917. The van der Waals surface area contributed by atoms with Crippen molar-refractivity contribution < 1.29 is 9.90 Å². The number of fused-ring (bicyclic) bond motifs is 1. The molecule has 0 spiro atoms. The van der Waals surface area contributed by atoms with E-state index in [0.717, 1.165) is 31.6 Å². The molecule has 0 aliphatic heterocycles. The molecule has 84 valence electrons. The summed E-state index contributed by atoms with van der Waals surface area (Å²) in [6.07, 6.45) is 5.63. The number of amides is 1. The Kier molecular flexibility index (Phi) is 2.23. The van der Waals surface area contributed by atoms with Crippen LogP contribution >= 0.6 is 0 Å². The molecule has 4 unspecified atom stereocenters. The van der Waals surface area contributed by atoms with Gasteiger partial charge in [-0.3, -0.25) is 4.79 Å². The molecule has 2 N–H and O–H groups in total. The zero-order valence-corrected chi connectivity index (χ0v) is 8.98. The number of carbonyl (C=O) groups excluding carboxylic acids is 1. The van der Waals surface area contributed by atoms with Gasteiger partial charge in [-0.05, 0) is 49.9 Å². The fourth-order valence-corrected chi connectivity index (χ4v) is 3.31. The molecule has 0 saturated heterocycles. The Morgan fingerprint density at radius 2 is 2.07 bits per heavy atom. The van der Waals surface area contributed by atoms with Crippen LogP contribution in [0.4, 0.5) is 0 Å². The molecule has 3 nitrogen and oxygen atoms in total. The minimum atomic E-state index is 0.283. The second-order valence-corrected chi connectivity index (χ2v) is 5.57. The number of aliphatic hydroxyl groups is 1. The van der Waals surface area contributed by atoms with Crippen LogP contribution in [-0.4, -0.2) is 23.7 Å². The van der Waals surface area contributed by atoms with Gasteiger partial charge in [0.1, 0.15) is 0 Å². The molecule has 0 aromatic rings. The molecule has 3 heteroatoms. The van der Waals surface area contributed by atoms with Crippen molar-refractivity contribution in [1.82, 2.24) is 5.32 Å². The lowest BCUT2D eigenvalue weighted by molar-refractivity contribution is -0.124. The topological polar surface area (TPSA) is 49.3 Å². The average molecular weight is 209 g/mol. The quantitative estimate of drug-likeness (QED) is 0.726. The van der Waals surface area contributed by atoms with E-state index in [-0.39, 0.29) is 5.91 Å². The third-order valence-corrected chi connectivity index (χ3v) is 4.45. The van der Waals surface area contributed by atoms with Gasteiger partial charge in [-0.25, -0.2) is 0 Å². The van der Waals surface area contributed by atoms with Crippen LogP contribution in [0.1, 0.15) is 32.1 Å². The van der Waals surface area contributed by atoms with Gasteiger partial charge in [0, 0.05) is 18.6 Å². The molecule has 0 heterocycles. The standard InChI is InChI=1S/C12H19NO2/c14-6-7-3-9-5-11(10(9)4-7)13-12(15)8-1-2-8/h7-11,14H,1-6H2,(H,13,15). The lowest BCUT2D eigenvalue weighted by Crippen LogP contribution is -2.50. The first-order chi connectivity index (χ1) is 7.28. The van der Waals surface area contributed by atoms with Gasteiger partial charge in [0.2, 0.25) is 5.91 Å². The van der Waals surface area contributed by atoms with E-state index in [2.05, 4.69) is 5.32 Å². The van der Waals surface area contributed by atoms with Gasteiger partial charge >= 0.3 is 0 Å². The summed E-state index contributed by atoms with van der Waals surface area (Å²) in [5, 5.41) is 12.3. The fourth-order valence-electron chi connectivity index (χ4n) is 3.31. The smallest absolute Gasteiger partial charge is 0.223 e. The zero-order chi connectivity index (χ0) is 10.4. The first kappa shape index (κ1) is 9.64. The van der Waals surface area contributed by atoms with Gasteiger partial charge in [-0.1, -0.05) is 0 Å². The molecular formula is C12H19NO2. The lowest BCUT2D eigenvalue weighted by Gasteiger charge is -2.40. The molecule has 0 aromatic carbocycles. The monoisotopic (exact) mass is 209 g/mol. The van der Waals surface area contributed by atoms with E-state index < -0.39 is 0 Å². The first-order valence-electron chi connectivity index (χ1n) is 6.19. The van der Waals surface area contributed by atoms with Crippen molar-refractivity contribution in [1.29, 1.82) is 0 Å². The van der Waals surface area contributed by atoms with Crippen LogP contribution in [0.15, 0.2) is 0 Å². The number of aliphatic hydroxyl groups excluding tert-OH is 1. The molecule has 3 rings (SSSR count). The molecule has 1 amide bonds. The van der Waals surface area contributed by atoms with E-state index in [1.165, 1.54) is 6.42 Å². The van der Waals surface area contributed by atoms with E-state index >= 15 is 0 Å². The van der Waals surface area contributed by atoms with Gasteiger partial charge in [0.25, 0.3) is 0 Å². The number of carbonyl (C=O) groups is 1. The maximum Gasteiger partial charge on any atom is 0.223 e. The summed E-state index contributed by atoms with van der Waals surface area (Å²) in [6, 6.07) is 0.430. The van der Waals surface area contributed by atoms with E-state index in [0.29, 0.717) is 30.4 Å². The van der Waals surface area contributed by atoms with Crippen molar-refractivity contribution >= 4 is 5.91 Å². The molecule has 3 aliphatic carbocycles. The summed E-state index contributed by atoms with van der Waals surface area (Å²) in [7, 11) is 0. The number of hydrogen-bond acceptors (Lipinski definition) is 2. The van der Waals surface area contributed by atoms with Gasteiger partial charge in [0.05, 0.1) is 0 Å². The van der Waals surface area contributed by atoms with Crippen LogP contribution in [0.2, 0.25) is 0 Å². The Hall–Kier alpha value is -0.570. The summed E-state index contributed by atoms with van der Waals surface area (Å²) in [6.45, 7) is 0.330. The van der Waals surface area contributed by atoms with Crippen molar-refractivity contribution in [3.63, 3.8) is 0 Å². The first-order valence-corrected chi connectivity index (χ1v) is 6.19. The molecule has 0 aromatic heterocycles. The average Bonchev–Trinajstić information content (AvgIpc) is 3.00. The van der Waals surface area contributed by atoms with Gasteiger partial charge in [0.15, 0.2) is 0 Å². The maximum atomic E-state index is 11.6. The molecule has 3 aliphatic rings. The Bertz CT molecular complexity index is 275. The van der Waals surface area contributed by atoms with E-state index in [9.17, 15) is 4.79 Å². The highest BCUT2D eigenvalue weighted by Gasteiger charge is 2.48. The SMILES string of the molecule is O=C(NC1CC2CC(CO)CC21)C1CC1. The molecule has 4 atom stereocenters. The maximum absolute atomic E-state index is 11.6. The summed E-state index contributed by atoms with van der Waals surface area (Å²) in [5.74, 6) is 2.57. The number of nitrogens with one attached hydrogen (secondary N) is 1. The summed E-state index contributed by atoms with van der Waals surface area (Å²) in [5.41, 5.74) is 0. The second-order valence-electron chi connectivity index (χ2n) is 5.57. The minimum Gasteiger partial charge on any atom is -0.396 e. The van der Waals surface area contributed by atoms with Gasteiger partial charge < -0.3 is 10.4 Å². The lowest BCUT2D eigenvalue weighted by atomic mass is 9.71. The molecule has 15 heavy (non-hydrogen) atoms. The Balaban J connectivity index is 1.51. The van der Waals surface area contributed by atoms with Crippen LogP contribution in [0.5, 0.6) is 0 Å². The van der Waals surface area contributed by atoms with Crippen LogP contribution in [0.25, 0.3) is 0 Å². The minimum absolute atomic E-state index is 0.283. The van der Waals surface area contributed by atoms with Crippen LogP contribution in [0.3, 0.4) is 0 Å². The normalized spacial score (nSPS) is 43.3. The van der Waals surface area contributed by atoms with Gasteiger partial charge in [-0.2, -0.15) is 0 Å². The third-order valence-electron chi connectivity index (χ3n) is 4.45. The molecule has 3 fully saturated rings. The molecule has 3 saturated carbocycles. The predicted molar refractivity (Wildman–Crippen MR) is 56.1 cm³/mol. The van der Waals surface area contributed by atoms with Crippen LogP contribution in [0, 0.1) is 23.7 Å². The van der Waals surface area contributed by atoms with E-state index in [4.69, 9.17) is 5.11 Å². The van der Waals surface area contributed by atoms with E-state index in [1.54, 1.807) is 0 Å². The Labute approximate surface area is 90.2 Å². The largest absolute Gasteiger partial charge is 0.396 e. The summed E-state index contributed by atoms with van der Waals surface area (Å²) >= 11 is 0. The number of hydrogen-bond donors (Lipinski definition) is 2. The van der Waals surface area contributed by atoms with Crippen molar-refractivity contribution in [2.45, 2.75) is 38.1 Å². The second kappa shape index (κ2) is 3.48. The summed E-state index contributed by atoms with van der Waals surface area (Å²) < 4.78 is 0. The third kappa shape index (κ3) is 1.67. The Morgan fingerprint density at radius 3 is 2.73 bits per heavy atom. The van der Waals surface area contributed by atoms with Crippen LogP contribution in [-0.2, 0) is 4.79 Å². The van der Waals surface area contributed by atoms with Crippen molar-refractivity contribution in [2.75, 3.05) is 6.61 Å². The van der Waals surface area contributed by atoms with Crippen molar-refractivity contribution in [3.05, 3.63) is 0 Å². The predicted octanol–water partition coefficient (Wildman–Crippen LogP) is 0.920. The highest BCUT2D eigenvalue weighted by molar-refractivity contribution is 5.81. The summed E-state index contributed by atoms with van der Waals surface area (Å²) in [4.78, 5) is 11.6. The van der Waals surface area contributed by atoms with Crippen LogP contribution < -0.4 is 5.32 Å². The molecule has 0 radical (unpaired) electrons. The number of rotatable bonds is 3. The highest BCUT2D eigenvalue weighted by Crippen LogP contribution is 2.49. The van der Waals surface area contributed by atoms with Gasteiger partial charge in [-0.15, -0.1) is 0 Å². The van der Waals surface area contributed by atoms with Crippen molar-refractivity contribution in [3.8, 4) is 0 Å². The van der Waals surface area contributed by atoms with E-state index in [1.807, 2.05) is 0 Å². The van der Waals surface area contributed by atoms with Crippen molar-refractivity contribution in [2.24, 2.45) is 23.7 Å². The molecule has 0 bridgehead atoms. The Morgan fingerprint density at radius 1 is 1.27 bits per heavy atom. The highest BCUT2D eigenvalue weighted by atomic mass is 16.3. The molecular weight excluding hydrogens is 190 g/mol. The zero-order valence-electron chi connectivity index (χ0n) is 8.98.